The van der Waals surface area contributed by atoms with Crippen LogP contribution in [0.25, 0.3) is 0 Å². The first-order chi connectivity index (χ1) is 5.75. The maximum Gasteiger partial charge on any atom is 0.0589 e. The molecule has 0 unspecified atom stereocenters. The molecule has 64 valence electrons. The number of pyridine rings is 1. The molecule has 0 atom stereocenters. The molecule has 1 aliphatic rings. The Labute approximate surface area is 77.2 Å². The molecule has 12 heavy (non-hydrogen) atoms. The molecule has 0 amide bonds. The van der Waals surface area contributed by atoms with Gasteiger partial charge in [0.2, 0.25) is 0 Å². The van der Waals surface area contributed by atoms with Crippen LogP contribution in [-0.2, 0) is 0 Å². The summed E-state index contributed by atoms with van der Waals surface area (Å²) in [6.45, 7) is 2.24. The van der Waals surface area contributed by atoms with Crippen LogP contribution >= 0.6 is 11.6 Å². The maximum atomic E-state index is 5.73. The first-order valence-corrected chi connectivity index (χ1v) is 4.43. The average Bonchev–Trinajstić information content (AvgIpc) is 2.01. The second-order valence-electron chi connectivity index (χ2n) is 3.32. The van der Waals surface area contributed by atoms with Gasteiger partial charge in [-0.05, 0) is 19.2 Å². The Balaban J connectivity index is 2.09. The second-order valence-corrected chi connectivity index (χ2v) is 3.76. The Hall–Kier alpha value is -0.600. The van der Waals surface area contributed by atoms with Crippen LogP contribution in [0.5, 0.6) is 0 Å². The van der Waals surface area contributed by atoms with Gasteiger partial charge in [-0.25, -0.2) is 0 Å². The fourth-order valence-electron chi connectivity index (χ4n) is 1.51. The van der Waals surface area contributed by atoms with E-state index in [0.29, 0.717) is 10.9 Å². The third-order valence-corrected chi connectivity index (χ3v) is 2.46. The minimum atomic E-state index is 0.618. The van der Waals surface area contributed by atoms with E-state index in [9.17, 15) is 0 Å². The van der Waals surface area contributed by atoms with Gasteiger partial charge in [-0.2, -0.15) is 0 Å². The summed E-state index contributed by atoms with van der Waals surface area (Å²) < 4.78 is 0. The highest BCUT2D eigenvalue weighted by molar-refractivity contribution is 6.30. The highest BCUT2D eigenvalue weighted by Crippen LogP contribution is 2.24. The van der Waals surface area contributed by atoms with Crippen LogP contribution < -0.4 is 0 Å². The Kier molecular flexibility index (Phi) is 2.03. The monoisotopic (exact) mass is 182 g/mol. The predicted octanol–water partition coefficient (Wildman–Crippen LogP) is 1.76. The molecule has 1 aliphatic heterocycles. The van der Waals surface area contributed by atoms with Crippen LogP contribution in [-0.4, -0.2) is 30.0 Å². The van der Waals surface area contributed by atoms with Gasteiger partial charge in [0.1, 0.15) is 0 Å². The van der Waals surface area contributed by atoms with Gasteiger partial charge >= 0.3 is 0 Å². The van der Waals surface area contributed by atoms with E-state index in [4.69, 9.17) is 11.6 Å². The molecular weight excluding hydrogens is 172 g/mol. The third kappa shape index (κ3) is 1.45. The third-order valence-electron chi connectivity index (χ3n) is 2.23. The van der Waals surface area contributed by atoms with E-state index in [-0.39, 0.29) is 0 Å². The van der Waals surface area contributed by atoms with E-state index in [1.807, 2.05) is 12.1 Å². The molecule has 0 radical (unpaired) electrons. The number of nitrogens with zero attached hydrogens (tertiary/aromatic N) is 2. The van der Waals surface area contributed by atoms with E-state index in [0.717, 1.165) is 18.8 Å². The lowest BCUT2D eigenvalue weighted by molar-refractivity contribution is 0.187. The molecule has 3 heteroatoms. The van der Waals surface area contributed by atoms with E-state index >= 15 is 0 Å². The second kappa shape index (κ2) is 3.04. The van der Waals surface area contributed by atoms with E-state index in [1.165, 1.54) is 0 Å². The standard InChI is InChI=1S/C9H11ClN2/c1-12-5-7(6-12)9-3-2-8(10)4-11-9/h2-4,7H,5-6H2,1H3. The molecule has 0 saturated carbocycles. The Morgan fingerprint density at radius 1 is 1.50 bits per heavy atom. The van der Waals surface area contributed by atoms with Crippen molar-refractivity contribution < 1.29 is 0 Å². The average molecular weight is 183 g/mol. The minimum absolute atomic E-state index is 0.618. The molecule has 0 aromatic carbocycles. The fraction of sp³-hybridized carbons (Fsp3) is 0.444. The predicted molar refractivity (Wildman–Crippen MR) is 49.5 cm³/mol. The molecular formula is C9H11ClN2. The topological polar surface area (TPSA) is 16.1 Å². The molecule has 0 spiro atoms. The number of likely N-dealkylation sites (tertiary alicyclic amines) is 1. The summed E-state index contributed by atoms with van der Waals surface area (Å²) in [7, 11) is 2.12. The van der Waals surface area contributed by atoms with E-state index in [1.54, 1.807) is 6.20 Å². The van der Waals surface area contributed by atoms with Crippen molar-refractivity contribution in [2.75, 3.05) is 20.1 Å². The molecule has 0 aliphatic carbocycles. The van der Waals surface area contributed by atoms with Gasteiger partial charge in [-0.1, -0.05) is 11.6 Å². The Morgan fingerprint density at radius 2 is 2.25 bits per heavy atom. The molecule has 2 rings (SSSR count). The van der Waals surface area contributed by atoms with Gasteiger partial charge in [0.15, 0.2) is 0 Å². The van der Waals surface area contributed by atoms with Gasteiger partial charge in [-0.3, -0.25) is 4.98 Å². The maximum absolute atomic E-state index is 5.73. The van der Waals surface area contributed by atoms with Crippen molar-refractivity contribution in [3.05, 3.63) is 29.0 Å². The van der Waals surface area contributed by atoms with Crippen LogP contribution in [0.3, 0.4) is 0 Å². The number of halogens is 1. The Morgan fingerprint density at radius 3 is 2.75 bits per heavy atom. The van der Waals surface area contributed by atoms with Crippen molar-refractivity contribution in [1.82, 2.24) is 9.88 Å². The summed E-state index contributed by atoms with van der Waals surface area (Å²) in [6.07, 6.45) is 1.72. The van der Waals surface area contributed by atoms with Gasteiger partial charge in [0.25, 0.3) is 0 Å². The van der Waals surface area contributed by atoms with Crippen molar-refractivity contribution in [2.24, 2.45) is 0 Å². The van der Waals surface area contributed by atoms with E-state index in [2.05, 4.69) is 16.9 Å². The summed E-state index contributed by atoms with van der Waals surface area (Å²) in [5, 5.41) is 0.714. The van der Waals surface area contributed by atoms with Crippen LogP contribution in [0.15, 0.2) is 18.3 Å². The zero-order valence-electron chi connectivity index (χ0n) is 7.00. The van der Waals surface area contributed by atoms with Gasteiger partial charge in [0, 0.05) is 30.9 Å². The molecule has 0 N–H and O–H groups in total. The van der Waals surface area contributed by atoms with Crippen LogP contribution in [0.4, 0.5) is 0 Å². The molecule has 1 aromatic heterocycles. The largest absolute Gasteiger partial charge is 0.305 e. The molecule has 2 heterocycles. The minimum Gasteiger partial charge on any atom is -0.305 e. The first kappa shape index (κ1) is 8.02. The van der Waals surface area contributed by atoms with Gasteiger partial charge < -0.3 is 4.90 Å². The van der Waals surface area contributed by atoms with Crippen molar-refractivity contribution in [1.29, 1.82) is 0 Å². The summed E-state index contributed by atoms with van der Waals surface area (Å²) in [4.78, 5) is 6.55. The quantitative estimate of drug-likeness (QED) is 0.658. The molecule has 1 saturated heterocycles. The summed E-state index contributed by atoms with van der Waals surface area (Å²) in [5.41, 5.74) is 1.16. The van der Waals surface area contributed by atoms with Crippen LogP contribution in [0, 0.1) is 0 Å². The van der Waals surface area contributed by atoms with Crippen LogP contribution in [0.1, 0.15) is 11.6 Å². The van der Waals surface area contributed by atoms with Gasteiger partial charge in [-0.15, -0.1) is 0 Å². The fourth-order valence-corrected chi connectivity index (χ4v) is 1.63. The molecule has 1 fully saturated rings. The SMILES string of the molecule is CN1CC(c2ccc(Cl)cn2)C1. The number of hydrogen-bond donors (Lipinski definition) is 0. The zero-order chi connectivity index (χ0) is 8.55. The van der Waals surface area contributed by atoms with Crippen molar-refractivity contribution >= 4 is 11.6 Å². The zero-order valence-corrected chi connectivity index (χ0v) is 7.75. The lowest BCUT2D eigenvalue weighted by Gasteiger charge is -2.35. The van der Waals surface area contributed by atoms with Crippen molar-refractivity contribution in [3.63, 3.8) is 0 Å². The number of likely N-dealkylation sites (N-methyl/N-ethyl adjacent to an activating group) is 1. The van der Waals surface area contributed by atoms with Crippen LogP contribution in [0.2, 0.25) is 5.02 Å². The number of hydrogen-bond acceptors (Lipinski definition) is 2. The van der Waals surface area contributed by atoms with Gasteiger partial charge in [0.05, 0.1) is 5.02 Å². The lowest BCUT2D eigenvalue weighted by Crippen LogP contribution is -2.42. The molecule has 0 bridgehead atoms. The summed E-state index contributed by atoms with van der Waals surface area (Å²) >= 11 is 5.73. The highest BCUT2D eigenvalue weighted by atomic mass is 35.5. The smallest absolute Gasteiger partial charge is 0.0589 e. The normalized spacial score (nSPS) is 19.2. The van der Waals surface area contributed by atoms with E-state index < -0.39 is 0 Å². The lowest BCUT2D eigenvalue weighted by atomic mass is 9.97. The molecule has 2 nitrogen and oxygen atoms in total. The summed E-state index contributed by atoms with van der Waals surface area (Å²) in [6, 6.07) is 3.92. The van der Waals surface area contributed by atoms with Crippen molar-refractivity contribution in [3.8, 4) is 0 Å². The summed E-state index contributed by atoms with van der Waals surface area (Å²) in [5.74, 6) is 0.618. The number of rotatable bonds is 1. The number of aromatic nitrogens is 1. The van der Waals surface area contributed by atoms with Crippen molar-refractivity contribution in [2.45, 2.75) is 5.92 Å². The molecule has 1 aromatic rings. The first-order valence-electron chi connectivity index (χ1n) is 4.05. The Bertz CT molecular complexity index is 264. The highest BCUT2D eigenvalue weighted by Gasteiger charge is 2.25.